The fraction of sp³-hybridized carbons (Fsp3) is 0.235. The molecule has 0 heterocycles. The Kier molecular flexibility index (Phi) is 5.90. The number of methoxy groups -OCH3 is 1. The third-order valence-corrected chi connectivity index (χ3v) is 4.87. The summed E-state index contributed by atoms with van der Waals surface area (Å²) in [5, 5.41) is 0. The molecule has 0 radical (unpaired) electrons. The predicted octanol–water partition coefficient (Wildman–Crippen LogP) is 2.00. The molecule has 2 rings (SSSR count). The van der Waals surface area contributed by atoms with Gasteiger partial charge in [-0.05, 0) is 24.1 Å². The molecule has 6 heteroatoms. The zero-order chi connectivity index (χ0) is 16.7. The van der Waals surface area contributed by atoms with Gasteiger partial charge >= 0.3 is 5.97 Å². The maximum absolute atomic E-state index is 12.2. The molecule has 0 saturated carbocycles. The number of esters is 1. The van der Waals surface area contributed by atoms with Crippen LogP contribution in [-0.2, 0) is 26.0 Å². The molecule has 1 unspecified atom stereocenters. The van der Waals surface area contributed by atoms with Gasteiger partial charge in [0.25, 0.3) is 0 Å². The Morgan fingerprint density at radius 3 is 2.17 bits per heavy atom. The number of rotatable bonds is 7. The van der Waals surface area contributed by atoms with Gasteiger partial charge in [-0.3, -0.25) is 4.79 Å². The Balaban J connectivity index is 2.08. The molecule has 1 N–H and O–H groups in total. The molecule has 23 heavy (non-hydrogen) atoms. The molecule has 0 aliphatic heterocycles. The summed E-state index contributed by atoms with van der Waals surface area (Å²) in [4.78, 5) is 12.1. The van der Waals surface area contributed by atoms with E-state index in [0.29, 0.717) is 6.42 Å². The fourth-order valence-electron chi connectivity index (χ4n) is 2.20. The Labute approximate surface area is 136 Å². The fourth-order valence-corrected chi connectivity index (χ4v) is 3.30. The number of sulfonamides is 1. The summed E-state index contributed by atoms with van der Waals surface area (Å²) in [6, 6.07) is 17.5. The summed E-state index contributed by atoms with van der Waals surface area (Å²) in [7, 11) is -2.35. The van der Waals surface area contributed by atoms with Crippen molar-refractivity contribution < 1.29 is 17.9 Å². The van der Waals surface area contributed by atoms with Gasteiger partial charge in [-0.2, -0.15) is 0 Å². The van der Waals surface area contributed by atoms with Crippen molar-refractivity contribution in [3.05, 3.63) is 66.2 Å². The van der Waals surface area contributed by atoms with Gasteiger partial charge in [0.1, 0.15) is 0 Å². The van der Waals surface area contributed by atoms with Gasteiger partial charge in [-0.25, -0.2) is 13.1 Å². The highest BCUT2D eigenvalue weighted by atomic mass is 32.2. The lowest BCUT2D eigenvalue weighted by Crippen LogP contribution is -2.34. The van der Waals surface area contributed by atoms with Gasteiger partial charge in [0.15, 0.2) is 0 Å². The zero-order valence-corrected chi connectivity index (χ0v) is 13.6. The van der Waals surface area contributed by atoms with Crippen molar-refractivity contribution in [1.82, 2.24) is 4.72 Å². The van der Waals surface area contributed by atoms with E-state index < -0.39 is 21.9 Å². The molecule has 0 bridgehead atoms. The number of ether oxygens (including phenoxy) is 1. The van der Waals surface area contributed by atoms with Gasteiger partial charge in [0, 0.05) is 6.54 Å². The van der Waals surface area contributed by atoms with Crippen LogP contribution in [0.3, 0.4) is 0 Å². The van der Waals surface area contributed by atoms with Gasteiger partial charge in [-0.1, -0.05) is 48.5 Å². The molecular weight excluding hydrogens is 314 g/mol. The smallest absolute Gasteiger partial charge is 0.310 e. The molecule has 2 aromatic rings. The van der Waals surface area contributed by atoms with Crippen LogP contribution in [0, 0.1) is 5.92 Å². The van der Waals surface area contributed by atoms with Crippen LogP contribution in [0.1, 0.15) is 5.56 Å². The second-order valence-corrected chi connectivity index (χ2v) is 6.84. The minimum Gasteiger partial charge on any atom is -0.469 e. The van der Waals surface area contributed by atoms with Crippen LogP contribution >= 0.6 is 0 Å². The predicted molar refractivity (Wildman–Crippen MR) is 87.3 cm³/mol. The SMILES string of the molecule is COC(=O)C(CNS(=O)(=O)c1ccccc1)Cc1ccccc1. The molecule has 0 spiro atoms. The summed E-state index contributed by atoms with van der Waals surface area (Å²) in [5.41, 5.74) is 0.946. The van der Waals surface area contributed by atoms with Gasteiger partial charge in [0.05, 0.1) is 17.9 Å². The molecule has 0 aliphatic rings. The molecule has 0 amide bonds. The van der Waals surface area contributed by atoms with Crippen LogP contribution in [0.25, 0.3) is 0 Å². The lowest BCUT2D eigenvalue weighted by molar-refractivity contribution is -0.145. The largest absolute Gasteiger partial charge is 0.469 e. The normalized spacial score (nSPS) is 12.6. The zero-order valence-electron chi connectivity index (χ0n) is 12.8. The first kappa shape index (κ1) is 17.2. The summed E-state index contributed by atoms with van der Waals surface area (Å²) < 4.78 is 31.7. The third-order valence-electron chi connectivity index (χ3n) is 3.43. The molecule has 1 atom stereocenters. The van der Waals surface area contributed by atoms with Crippen molar-refractivity contribution >= 4 is 16.0 Å². The average molecular weight is 333 g/mol. The Morgan fingerprint density at radius 1 is 1.04 bits per heavy atom. The molecular formula is C17H19NO4S. The minimum atomic E-state index is -3.65. The first-order valence-electron chi connectivity index (χ1n) is 7.19. The maximum atomic E-state index is 12.2. The Bertz CT molecular complexity index is 730. The van der Waals surface area contributed by atoms with E-state index in [1.54, 1.807) is 18.2 Å². The number of carbonyl (C=O) groups excluding carboxylic acids is 1. The van der Waals surface area contributed by atoms with Crippen LogP contribution in [-0.4, -0.2) is 28.0 Å². The Morgan fingerprint density at radius 2 is 1.61 bits per heavy atom. The van der Waals surface area contributed by atoms with E-state index in [2.05, 4.69) is 4.72 Å². The van der Waals surface area contributed by atoms with E-state index in [4.69, 9.17) is 4.74 Å². The van der Waals surface area contributed by atoms with Crippen molar-refractivity contribution in [2.24, 2.45) is 5.92 Å². The van der Waals surface area contributed by atoms with E-state index in [1.165, 1.54) is 19.2 Å². The van der Waals surface area contributed by atoms with E-state index >= 15 is 0 Å². The van der Waals surface area contributed by atoms with Crippen molar-refractivity contribution in [1.29, 1.82) is 0 Å². The van der Waals surface area contributed by atoms with Crippen LogP contribution in [0.4, 0.5) is 0 Å². The second-order valence-electron chi connectivity index (χ2n) is 5.07. The molecule has 0 aromatic heterocycles. The lowest BCUT2D eigenvalue weighted by atomic mass is 10.00. The quantitative estimate of drug-likeness (QED) is 0.787. The minimum absolute atomic E-state index is 0.0151. The van der Waals surface area contributed by atoms with Crippen LogP contribution in [0.5, 0.6) is 0 Å². The topological polar surface area (TPSA) is 72.5 Å². The second kappa shape index (κ2) is 7.89. The van der Waals surface area contributed by atoms with Gasteiger partial charge in [-0.15, -0.1) is 0 Å². The van der Waals surface area contributed by atoms with Gasteiger partial charge in [0.2, 0.25) is 10.0 Å². The number of hydrogen-bond acceptors (Lipinski definition) is 4. The molecule has 0 fully saturated rings. The monoisotopic (exact) mass is 333 g/mol. The summed E-state index contributed by atoms with van der Waals surface area (Å²) >= 11 is 0. The standard InChI is InChI=1S/C17H19NO4S/c1-22-17(19)15(12-14-8-4-2-5-9-14)13-18-23(20,21)16-10-6-3-7-11-16/h2-11,15,18H,12-13H2,1H3. The number of benzene rings is 2. The number of nitrogens with one attached hydrogen (secondary N) is 1. The van der Waals surface area contributed by atoms with Crippen LogP contribution in [0.2, 0.25) is 0 Å². The summed E-state index contributed by atoms with van der Waals surface area (Å²) in [6.07, 6.45) is 0.408. The third kappa shape index (κ3) is 4.91. The summed E-state index contributed by atoms with van der Waals surface area (Å²) in [5.74, 6) is -1.02. The Hall–Kier alpha value is -2.18. The first-order chi connectivity index (χ1) is 11.0. The molecule has 122 valence electrons. The van der Waals surface area contributed by atoms with Crippen molar-refractivity contribution in [2.75, 3.05) is 13.7 Å². The number of hydrogen-bond donors (Lipinski definition) is 1. The molecule has 2 aromatic carbocycles. The van der Waals surface area contributed by atoms with E-state index in [0.717, 1.165) is 5.56 Å². The highest BCUT2D eigenvalue weighted by Gasteiger charge is 2.23. The molecule has 0 aliphatic carbocycles. The van der Waals surface area contributed by atoms with Gasteiger partial charge < -0.3 is 4.74 Å². The lowest BCUT2D eigenvalue weighted by Gasteiger charge is -2.15. The van der Waals surface area contributed by atoms with E-state index in [-0.39, 0.29) is 11.4 Å². The highest BCUT2D eigenvalue weighted by Crippen LogP contribution is 2.12. The summed E-state index contributed by atoms with van der Waals surface area (Å²) in [6.45, 7) is -0.0151. The molecule has 0 saturated heterocycles. The first-order valence-corrected chi connectivity index (χ1v) is 8.67. The van der Waals surface area contributed by atoms with Crippen LogP contribution in [0.15, 0.2) is 65.6 Å². The van der Waals surface area contributed by atoms with Crippen molar-refractivity contribution in [2.45, 2.75) is 11.3 Å². The van der Waals surface area contributed by atoms with Crippen molar-refractivity contribution in [3.8, 4) is 0 Å². The van der Waals surface area contributed by atoms with E-state index in [9.17, 15) is 13.2 Å². The molecule has 5 nitrogen and oxygen atoms in total. The van der Waals surface area contributed by atoms with E-state index in [1.807, 2.05) is 30.3 Å². The number of carbonyl (C=O) groups is 1. The van der Waals surface area contributed by atoms with Crippen molar-refractivity contribution in [3.63, 3.8) is 0 Å². The van der Waals surface area contributed by atoms with Crippen LogP contribution < -0.4 is 4.72 Å². The average Bonchev–Trinajstić information content (AvgIpc) is 2.59. The maximum Gasteiger partial charge on any atom is 0.310 e. The highest BCUT2D eigenvalue weighted by molar-refractivity contribution is 7.89.